The number of esters is 1. The minimum atomic E-state index is -1.26. The molecule has 1 aromatic carbocycles. The van der Waals surface area contributed by atoms with Crippen LogP contribution >= 0.6 is 0 Å². The highest BCUT2D eigenvalue weighted by atomic mass is 16.6. The van der Waals surface area contributed by atoms with E-state index in [9.17, 15) is 30.3 Å². The van der Waals surface area contributed by atoms with Crippen molar-refractivity contribution in [3.63, 3.8) is 0 Å². The van der Waals surface area contributed by atoms with E-state index in [4.69, 9.17) is 15.2 Å². The molecule has 1 aromatic rings. The summed E-state index contributed by atoms with van der Waals surface area (Å²) in [6.45, 7) is 2.99. The molecule has 1 atom stereocenters. The second kappa shape index (κ2) is 7.52. The number of nitrogens with two attached hydrogens (primary N) is 1. The Morgan fingerprint density at radius 1 is 1.37 bits per heavy atom. The number of allylic oxidation sites excluding steroid dienone is 2. The number of hydrogen-bond donors (Lipinski definition) is 1. The maximum atomic E-state index is 12.4. The summed E-state index contributed by atoms with van der Waals surface area (Å²) in [4.78, 5) is 33.2. The van der Waals surface area contributed by atoms with Crippen LogP contribution in [0, 0.1) is 31.6 Å². The van der Waals surface area contributed by atoms with Crippen molar-refractivity contribution in [2.75, 3.05) is 6.61 Å². The summed E-state index contributed by atoms with van der Waals surface area (Å²) in [6, 6.07) is 4.70. The number of hydrogen-bond acceptors (Lipinski definition) is 9. The number of nitro benzene ring substituents is 2. The summed E-state index contributed by atoms with van der Waals surface area (Å²) in [5.74, 6) is -2.40. The molecule has 1 aliphatic rings. The van der Waals surface area contributed by atoms with Crippen LogP contribution in [0.4, 0.5) is 11.4 Å². The molecule has 0 aliphatic carbocycles. The summed E-state index contributed by atoms with van der Waals surface area (Å²) in [7, 11) is 0. The van der Waals surface area contributed by atoms with Gasteiger partial charge in [0.05, 0.1) is 34.0 Å². The Morgan fingerprint density at radius 3 is 2.56 bits per heavy atom. The molecule has 0 spiro atoms. The van der Waals surface area contributed by atoms with E-state index >= 15 is 0 Å². The summed E-state index contributed by atoms with van der Waals surface area (Å²) in [5, 5.41) is 31.9. The first kappa shape index (κ1) is 19.4. The van der Waals surface area contributed by atoms with Crippen molar-refractivity contribution in [2.45, 2.75) is 19.8 Å². The topological polar surface area (TPSA) is 172 Å². The number of nitriles is 1. The fourth-order valence-corrected chi connectivity index (χ4v) is 2.71. The van der Waals surface area contributed by atoms with Gasteiger partial charge in [0.25, 0.3) is 11.4 Å². The number of carbonyl (C=O) groups excluding carboxylic acids is 1. The average molecular weight is 374 g/mol. The summed E-state index contributed by atoms with van der Waals surface area (Å²) in [6.07, 6.45) is 0. The molecule has 11 heteroatoms. The molecule has 140 valence electrons. The maximum Gasteiger partial charge on any atom is 0.338 e. The molecule has 0 saturated carbocycles. The van der Waals surface area contributed by atoms with E-state index in [0.717, 1.165) is 18.2 Å². The van der Waals surface area contributed by atoms with Crippen LogP contribution in [0.1, 0.15) is 25.3 Å². The molecule has 2 rings (SSSR count). The minimum Gasteiger partial charge on any atom is -0.463 e. The fourth-order valence-electron chi connectivity index (χ4n) is 2.71. The number of benzene rings is 1. The fraction of sp³-hybridized carbons (Fsp3) is 0.250. The van der Waals surface area contributed by atoms with Gasteiger partial charge in [0, 0.05) is 11.6 Å². The second-order valence-electron chi connectivity index (χ2n) is 5.37. The van der Waals surface area contributed by atoms with Crippen LogP contribution in [-0.4, -0.2) is 22.4 Å². The van der Waals surface area contributed by atoms with Crippen LogP contribution in [0.5, 0.6) is 0 Å². The minimum absolute atomic E-state index is 0.0163. The molecule has 11 nitrogen and oxygen atoms in total. The number of rotatable bonds is 5. The van der Waals surface area contributed by atoms with Crippen molar-refractivity contribution < 1.29 is 24.1 Å². The highest BCUT2D eigenvalue weighted by Crippen LogP contribution is 2.43. The molecule has 0 radical (unpaired) electrons. The lowest BCUT2D eigenvalue weighted by atomic mass is 9.82. The molecule has 0 saturated heterocycles. The van der Waals surface area contributed by atoms with Gasteiger partial charge in [0.1, 0.15) is 17.4 Å². The van der Waals surface area contributed by atoms with Crippen molar-refractivity contribution in [2.24, 2.45) is 5.73 Å². The lowest BCUT2D eigenvalue weighted by Gasteiger charge is -2.26. The molecule has 1 heterocycles. The molecular weight excluding hydrogens is 360 g/mol. The van der Waals surface area contributed by atoms with Gasteiger partial charge in [-0.1, -0.05) is 0 Å². The summed E-state index contributed by atoms with van der Waals surface area (Å²) in [5.41, 5.74) is 4.09. The standard InChI is InChI=1S/C16H14N4O7/c1-3-26-16(21)13-8(2)27-15(18)11(7-17)14(13)10-5-4-9(19(22)23)6-12(10)20(24)25/h4-6,14H,3,18H2,1-2H3. The van der Waals surface area contributed by atoms with E-state index in [-0.39, 0.29) is 35.0 Å². The second-order valence-corrected chi connectivity index (χ2v) is 5.37. The van der Waals surface area contributed by atoms with Crippen LogP contribution in [0.2, 0.25) is 0 Å². The third-order valence-corrected chi connectivity index (χ3v) is 3.83. The van der Waals surface area contributed by atoms with Crippen LogP contribution in [-0.2, 0) is 14.3 Å². The molecule has 1 aliphatic heterocycles. The molecule has 1 unspecified atom stereocenters. The summed E-state index contributed by atoms with van der Waals surface area (Å²) >= 11 is 0. The van der Waals surface area contributed by atoms with Gasteiger partial charge < -0.3 is 15.2 Å². The highest BCUT2D eigenvalue weighted by molar-refractivity contribution is 5.93. The van der Waals surface area contributed by atoms with Crippen LogP contribution < -0.4 is 5.73 Å². The number of carbonyl (C=O) groups is 1. The lowest BCUT2D eigenvalue weighted by Crippen LogP contribution is -2.26. The number of non-ortho nitro benzene ring substituents is 1. The van der Waals surface area contributed by atoms with E-state index in [2.05, 4.69) is 0 Å². The van der Waals surface area contributed by atoms with Crippen molar-refractivity contribution in [3.05, 3.63) is 66.8 Å². The largest absolute Gasteiger partial charge is 0.463 e. The molecule has 0 fully saturated rings. The van der Waals surface area contributed by atoms with Crippen LogP contribution in [0.15, 0.2) is 41.0 Å². The van der Waals surface area contributed by atoms with E-state index < -0.39 is 33.1 Å². The zero-order valence-corrected chi connectivity index (χ0v) is 14.3. The Balaban J connectivity index is 2.79. The molecule has 0 aromatic heterocycles. The Kier molecular flexibility index (Phi) is 5.40. The predicted molar refractivity (Wildman–Crippen MR) is 89.7 cm³/mol. The van der Waals surface area contributed by atoms with Gasteiger partial charge in [-0.15, -0.1) is 0 Å². The number of ether oxygens (including phenoxy) is 2. The van der Waals surface area contributed by atoms with Gasteiger partial charge >= 0.3 is 5.97 Å². The molecule has 2 N–H and O–H groups in total. The van der Waals surface area contributed by atoms with Crippen molar-refractivity contribution in [3.8, 4) is 6.07 Å². The van der Waals surface area contributed by atoms with Crippen molar-refractivity contribution in [1.29, 1.82) is 5.26 Å². The average Bonchev–Trinajstić information content (AvgIpc) is 2.60. The van der Waals surface area contributed by atoms with Gasteiger partial charge in [0.15, 0.2) is 0 Å². The molecule has 27 heavy (non-hydrogen) atoms. The molecular formula is C16H14N4O7. The zero-order valence-electron chi connectivity index (χ0n) is 14.3. The first-order valence-corrected chi connectivity index (χ1v) is 7.61. The van der Waals surface area contributed by atoms with E-state index in [0.29, 0.717) is 0 Å². The quantitative estimate of drug-likeness (QED) is 0.460. The van der Waals surface area contributed by atoms with Gasteiger partial charge in [0.2, 0.25) is 5.88 Å². The van der Waals surface area contributed by atoms with Gasteiger partial charge in [-0.25, -0.2) is 4.79 Å². The van der Waals surface area contributed by atoms with Crippen LogP contribution in [0.3, 0.4) is 0 Å². The normalized spacial score (nSPS) is 16.4. The Bertz CT molecular complexity index is 943. The Labute approximate surface area is 152 Å². The van der Waals surface area contributed by atoms with Crippen molar-refractivity contribution in [1.82, 2.24) is 0 Å². The predicted octanol–water partition coefficient (Wildman–Crippen LogP) is 2.15. The van der Waals surface area contributed by atoms with Crippen molar-refractivity contribution >= 4 is 17.3 Å². The number of nitrogens with zero attached hydrogens (tertiary/aromatic N) is 3. The first-order valence-electron chi connectivity index (χ1n) is 7.61. The smallest absolute Gasteiger partial charge is 0.338 e. The van der Waals surface area contributed by atoms with Gasteiger partial charge in [-0.2, -0.15) is 5.26 Å². The number of nitro groups is 2. The van der Waals surface area contributed by atoms with E-state index in [1.54, 1.807) is 13.0 Å². The summed E-state index contributed by atoms with van der Waals surface area (Å²) < 4.78 is 10.2. The molecule has 0 bridgehead atoms. The van der Waals surface area contributed by atoms with E-state index in [1.165, 1.54) is 6.92 Å². The monoisotopic (exact) mass is 374 g/mol. The lowest BCUT2D eigenvalue weighted by molar-refractivity contribution is -0.394. The van der Waals surface area contributed by atoms with Crippen LogP contribution in [0.25, 0.3) is 0 Å². The Hall–Kier alpha value is -3.94. The SMILES string of the molecule is CCOC(=O)C1=C(C)OC(N)=C(C#N)C1c1ccc([N+](=O)[O-])cc1[N+](=O)[O-]. The zero-order chi connectivity index (χ0) is 20.3. The third-order valence-electron chi connectivity index (χ3n) is 3.83. The highest BCUT2D eigenvalue weighted by Gasteiger charge is 2.40. The Morgan fingerprint density at radius 2 is 2.04 bits per heavy atom. The maximum absolute atomic E-state index is 12.4. The van der Waals surface area contributed by atoms with Gasteiger partial charge in [-0.3, -0.25) is 20.2 Å². The third kappa shape index (κ3) is 3.54. The molecule has 0 amide bonds. The van der Waals surface area contributed by atoms with E-state index in [1.807, 2.05) is 0 Å². The first-order chi connectivity index (χ1) is 12.7. The van der Waals surface area contributed by atoms with Gasteiger partial charge in [-0.05, 0) is 19.9 Å².